The van der Waals surface area contributed by atoms with Gasteiger partial charge in [0.2, 0.25) is 5.75 Å². The Morgan fingerprint density at radius 2 is 1.56 bits per heavy atom. The number of nitrogens with zero attached hydrogens (tertiary/aromatic N) is 2. The second-order valence-electron chi connectivity index (χ2n) is 7.84. The van der Waals surface area contributed by atoms with Gasteiger partial charge in [-0.1, -0.05) is 43.7 Å². The normalized spacial score (nSPS) is 15.2. The van der Waals surface area contributed by atoms with Gasteiger partial charge in [0, 0.05) is 44.9 Å². The fourth-order valence-electron chi connectivity index (χ4n) is 3.96. The molecule has 1 amide bonds. The zero-order valence-electron chi connectivity index (χ0n) is 19.5. The van der Waals surface area contributed by atoms with Crippen molar-refractivity contribution < 1.29 is 23.7 Å². The third-order valence-electron chi connectivity index (χ3n) is 5.68. The molecule has 2 aromatic carbocycles. The van der Waals surface area contributed by atoms with E-state index in [2.05, 4.69) is 36.1 Å². The van der Waals surface area contributed by atoms with Crippen molar-refractivity contribution in [3.8, 4) is 23.0 Å². The molecule has 1 aliphatic rings. The van der Waals surface area contributed by atoms with E-state index < -0.39 is 6.10 Å². The van der Waals surface area contributed by atoms with Crippen molar-refractivity contribution in [1.29, 1.82) is 0 Å². The highest BCUT2D eigenvalue weighted by Gasteiger charge is 2.29. The van der Waals surface area contributed by atoms with E-state index in [9.17, 15) is 4.79 Å². The molecule has 2 aromatic rings. The van der Waals surface area contributed by atoms with E-state index in [1.165, 1.54) is 5.56 Å². The molecule has 7 heteroatoms. The van der Waals surface area contributed by atoms with Crippen LogP contribution in [-0.4, -0.2) is 69.3 Å². The summed E-state index contributed by atoms with van der Waals surface area (Å²) in [6, 6.07) is 13.9. The molecule has 7 nitrogen and oxygen atoms in total. The molecule has 1 fully saturated rings. The van der Waals surface area contributed by atoms with Crippen LogP contribution in [0.25, 0.3) is 0 Å². The SMILES string of the molecule is CCCC(Oc1cc(OC)c(OC)c(OC)c1)C(=O)N1CCN(Cc2ccccc2)CC1. The molecule has 32 heavy (non-hydrogen) atoms. The molecule has 1 unspecified atom stereocenters. The molecule has 1 atom stereocenters. The number of hydrogen-bond acceptors (Lipinski definition) is 6. The van der Waals surface area contributed by atoms with Crippen LogP contribution < -0.4 is 18.9 Å². The average Bonchev–Trinajstić information content (AvgIpc) is 2.83. The van der Waals surface area contributed by atoms with E-state index in [0.717, 1.165) is 26.1 Å². The molecular formula is C25H34N2O5. The number of ether oxygens (including phenoxy) is 4. The molecule has 1 heterocycles. The highest BCUT2D eigenvalue weighted by atomic mass is 16.5. The minimum absolute atomic E-state index is 0.0277. The first kappa shape index (κ1) is 23.7. The van der Waals surface area contributed by atoms with Gasteiger partial charge >= 0.3 is 0 Å². The van der Waals surface area contributed by atoms with Gasteiger partial charge in [0.05, 0.1) is 21.3 Å². The Balaban J connectivity index is 1.65. The predicted molar refractivity (Wildman–Crippen MR) is 124 cm³/mol. The second-order valence-corrected chi connectivity index (χ2v) is 7.84. The lowest BCUT2D eigenvalue weighted by atomic mass is 10.1. The molecule has 1 aliphatic heterocycles. The fraction of sp³-hybridized carbons (Fsp3) is 0.480. The molecule has 174 valence electrons. The summed E-state index contributed by atoms with van der Waals surface area (Å²) >= 11 is 0. The lowest BCUT2D eigenvalue weighted by Gasteiger charge is -2.36. The van der Waals surface area contributed by atoms with Gasteiger partial charge in [0.25, 0.3) is 5.91 Å². The van der Waals surface area contributed by atoms with Gasteiger partial charge in [0.15, 0.2) is 17.6 Å². The predicted octanol–water partition coefficient (Wildman–Crippen LogP) is 3.60. The first-order chi connectivity index (χ1) is 15.6. The lowest BCUT2D eigenvalue weighted by molar-refractivity contribution is -0.141. The Labute approximate surface area is 190 Å². The molecule has 1 saturated heterocycles. The van der Waals surface area contributed by atoms with Crippen molar-refractivity contribution in [2.45, 2.75) is 32.4 Å². The van der Waals surface area contributed by atoms with Gasteiger partial charge in [-0.2, -0.15) is 0 Å². The minimum Gasteiger partial charge on any atom is -0.493 e. The van der Waals surface area contributed by atoms with Crippen LogP contribution in [0.4, 0.5) is 0 Å². The van der Waals surface area contributed by atoms with E-state index in [0.29, 0.717) is 42.5 Å². The molecule has 0 aliphatic carbocycles. The van der Waals surface area contributed by atoms with E-state index >= 15 is 0 Å². The largest absolute Gasteiger partial charge is 0.493 e. The van der Waals surface area contributed by atoms with E-state index in [4.69, 9.17) is 18.9 Å². The number of benzene rings is 2. The second kappa shape index (κ2) is 11.6. The monoisotopic (exact) mass is 442 g/mol. The topological polar surface area (TPSA) is 60.5 Å². The zero-order valence-corrected chi connectivity index (χ0v) is 19.5. The van der Waals surface area contributed by atoms with Crippen LogP contribution in [0.15, 0.2) is 42.5 Å². The van der Waals surface area contributed by atoms with Gasteiger partial charge < -0.3 is 23.8 Å². The van der Waals surface area contributed by atoms with Crippen LogP contribution in [0.5, 0.6) is 23.0 Å². The van der Waals surface area contributed by atoms with Crippen LogP contribution >= 0.6 is 0 Å². The molecule has 0 radical (unpaired) electrons. The van der Waals surface area contributed by atoms with Crippen molar-refractivity contribution in [3.63, 3.8) is 0 Å². The molecular weight excluding hydrogens is 408 g/mol. The summed E-state index contributed by atoms with van der Waals surface area (Å²) in [5, 5.41) is 0. The fourth-order valence-corrected chi connectivity index (χ4v) is 3.96. The van der Waals surface area contributed by atoms with Crippen molar-refractivity contribution in [2.24, 2.45) is 0 Å². The van der Waals surface area contributed by atoms with Crippen molar-refractivity contribution in [3.05, 3.63) is 48.0 Å². The molecule has 0 aromatic heterocycles. The zero-order chi connectivity index (χ0) is 22.9. The minimum atomic E-state index is -0.552. The Kier molecular flexibility index (Phi) is 8.62. The van der Waals surface area contributed by atoms with Crippen molar-refractivity contribution >= 4 is 5.91 Å². The number of piperazine rings is 1. The third-order valence-corrected chi connectivity index (χ3v) is 5.68. The van der Waals surface area contributed by atoms with Crippen LogP contribution in [-0.2, 0) is 11.3 Å². The molecule has 0 bridgehead atoms. The molecule has 0 spiro atoms. The average molecular weight is 443 g/mol. The Morgan fingerprint density at radius 3 is 2.09 bits per heavy atom. The first-order valence-corrected chi connectivity index (χ1v) is 11.1. The van der Waals surface area contributed by atoms with Crippen molar-refractivity contribution in [2.75, 3.05) is 47.5 Å². The van der Waals surface area contributed by atoms with Gasteiger partial charge in [0.1, 0.15) is 5.75 Å². The van der Waals surface area contributed by atoms with Crippen LogP contribution in [0.3, 0.4) is 0 Å². The van der Waals surface area contributed by atoms with E-state index in [-0.39, 0.29) is 5.91 Å². The third kappa shape index (κ3) is 5.85. The summed E-state index contributed by atoms with van der Waals surface area (Å²) in [6.07, 6.45) is 0.928. The standard InChI is InChI=1S/C25H34N2O5/c1-5-9-21(32-20-16-22(29-2)24(31-4)23(17-20)30-3)25(28)27-14-12-26(13-15-27)18-19-10-7-6-8-11-19/h6-8,10-11,16-17,21H,5,9,12-15,18H2,1-4H3. The Hall–Kier alpha value is -2.93. The quantitative estimate of drug-likeness (QED) is 0.560. The maximum atomic E-state index is 13.3. The number of carbonyl (C=O) groups excluding carboxylic acids is 1. The van der Waals surface area contributed by atoms with Crippen LogP contribution in [0, 0.1) is 0 Å². The van der Waals surface area contributed by atoms with Crippen LogP contribution in [0.1, 0.15) is 25.3 Å². The first-order valence-electron chi connectivity index (χ1n) is 11.1. The highest BCUT2D eigenvalue weighted by molar-refractivity contribution is 5.81. The maximum absolute atomic E-state index is 13.3. The van der Waals surface area contributed by atoms with Gasteiger partial charge in [-0.05, 0) is 12.0 Å². The summed E-state index contributed by atoms with van der Waals surface area (Å²) in [6.45, 7) is 6.06. The number of carbonyl (C=O) groups is 1. The summed E-state index contributed by atoms with van der Waals surface area (Å²) in [4.78, 5) is 17.6. The van der Waals surface area contributed by atoms with Gasteiger partial charge in [-0.15, -0.1) is 0 Å². The molecule has 0 saturated carbocycles. The molecule has 3 rings (SSSR count). The maximum Gasteiger partial charge on any atom is 0.263 e. The highest BCUT2D eigenvalue weighted by Crippen LogP contribution is 2.41. The summed E-state index contributed by atoms with van der Waals surface area (Å²) in [7, 11) is 4.68. The van der Waals surface area contributed by atoms with Crippen LogP contribution in [0.2, 0.25) is 0 Å². The lowest BCUT2D eigenvalue weighted by Crippen LogP contribution is -2.52. The van der Waals surface area contributed by atoms with E-state index in [1.807, 2.05) is 11.0 Å². The summed E-state index contributed by atoms with van der Waals surface area (Å²) in [5.74, 6) is 2.04. The number of methoxy groups -OCH3 is 3. The van der Waals surface area contributed by atoms with E-state index in [1.54, 1.807) is 33.5 Å². The number of amides is 1. The number of hydrogen-bond donors (Lipinski definition) is 0. The Morgan fingerprint density at radius 1 is 0.938 bits per heavy atom. The van der Waals surface area contributed by atoms with Crippen molar-refractivity contribution in [1.82, 2.24) is 9.80 Å². The smallest absolute Gasteiger partial charge is 0.263 e. The summed E-state index contributed by atoms with van der Waals surface area (Å²) in [5.41, 5.74) is 1.29. The van der Waals surface area contributed by atoms with Gasteiger partial charge in [-0.25, -0.2) is 0 Å². The Bertz CT molecular complexity index is 841. The number of rotatable bonds is 10. The molecule has 0 N–H and O–H groups in total. The summed E-state index contributed by atoms with van der Waals surface area (Å²) < 4.78 is 22.4. The van der Waals surface area contributed by atoms with Gasteiger partial charge in [-0.3, -0.25) is 9.69 Å².